The molecular formula is C7H14BrNO3S. The average molecular weight is 272 g/mol. The van der Waals surface area contributed by atoms with Crippen LogP contribution in [0.4, 0.5) is 0 Å². The molecule has 0 aromatic heterocycles. The van der Waals surface area contributed by atoms with Crippen LogP contribution in [-0.2, 0) is 10.0 Å². The number of sulfonamides is 1. The van der Waals surface area contributed by atoms with Gasteiger partial charge in [0.15, 0.2) is 0 Å². The maximum atomic E-state index is 11.4. The predicted octanol–water partition coefficient (Wildman–Crippen LogP) is 0.373. The van der Waals surface area contributed by atoms with Crippen molar-refractivity contribution in [3.8, 4) is 0 Å². The molecule has 0 aromatic rings. The monoisotopic (exact) mass is 271 g/mol. The number of nitrogens with zero attached hydrogens (tertiary/aromatic N) is 1. The van der Waals surface area contributed by atoms with Crippen LogP contribution in [-0.4, -0.2) is 42.2 Å². The third-order valence-electron chi connectivity index (χ3n) is 2.36. The Hall–Kier alpha value is 0.350. The number of piperidine rings is 1. The lowest BCUT2D eigenvalue weighted by Crippen LogP contribution is -2.39. The van der Waals surface area contributed by atoms with E-state index in [1.165, 1.54) is 4.31 Å². The second-order valence-corrected chi connectivity index (χ2v) is 6.52. The van der Waals surface area contributed by atoms with Gasteiger partial charge in [-0.1, -0.05) is 15.9 Å². The molecule has 0 saturated carbocycles. The number of hydrogen-bond donors (Lipinski definition) is 1. The van der Waals surface area contributed by atoms with Gasteiger partial charge in [0, 0.05) is 19.7 Å². The van der Waals surface area contributed by atoms with Gasteiger partial charge < -0.3 is 5.11 Å². The number of halogens is 1. The van der Waals surface area contributed by atoms with E-state index in [1.54, 1.807) is 0 Å². The molecule has 6 heteroatoms. The first-order valence-corrected chi connectivity index (χ1v) is 6.98. The summed E-state index contributed by atoms with van der Waals surface area (Å²) in [6.07, 6.45) is 1.53. The van der Waals surface area contributed by atoms with Crippen LogP contribution in [0.5, 0.6) is 0 Å². The van der Waals surface area contributed by atoms with Crippen molar-refractivity contribution in [1.82, 2.24) is 4.31 Å². The lowest BCUT2D eigenvalue weighted by molar-refractivity contribution is 0.170. The highest BCUT2D eigenvalue weighted by Gasteiger charge is 2.26. The van der Waals surface area contributed by atoms with Crippen LogP contribution in [0.1, 0.15) is 12.8 Å². The summed E-state index contributed by atoms with van der Waals surface area (Å²) < 4.78 is 24.2. The lowest BCUT2D eigenvalue weighted by atomic mass is 10.00. The Morgan fingerprint density at radius 3 is 2.31 bits per heavy atom. The zero-order chi connectivity index (χ0) is 9.90. The molecule has 0 aromatic carbocycles. The quantitative estimate of drug-likeness (QED) is 0.755. The smallest absolute Gasteiger partial charge is 0.224 e. The van der Waals surface area contributed by atoms with Crippen molar-refractivity contribution in [2.75, 3.05) is 24.4 Å². The molecule has 0 spiro atoms. The van der Waals surface area contributed by atoms with Crippen molar-refractivity contribution in [3.63, 3.8) is 0 Å². The molecular weight excluding hydrogens is 258 g/mol. The standard InChI is InChI=1S/C7H14BrNO3S/c8-6-13(11,12)9-3-1-7(5-10)2-4-9/h7,10H,1-6H2. The van der Waals surface area contributed by atoms with Crippen molar-refractivity contribution in [3.05, 3.63) is 0 Å². The van der Waals surface area contributed by atoms with Crippen LogP contribution in [0.2, 0.25) is 0 Å². The summed E-state index contributed by atoms with van der Waals surface area (Å²) >= 11 is 2.96. The number of hydrogen-bond acceptors (Lipinski definition) is 3. The Bertz CT molecular complexity index is 246. The van der Waals surface area contributed by atoms with E-state index in [2.05, 4.69) is 15.9 Å². The molecule has 0 atom stereocenters. The summed E-state index contributed by atoms with van der Waals surface area (Å²) in [4.78, 5) is 0. The molecule has 1 fully saturated rings. The van der Waals surface area contributed by atoms with Crippen LogP contribution >= 0.6 is 15.9 Å². The van der Waals surface area contributed by atoms with E-state index < -0.39 is 10.0 Å². The molecule has 4 nitrogen and oxygen atoms in total. The predicted molar refractivity (Wildman–Crippen MR) is 54.1 cm³/mol. The molecule has 1 saturated heterocycles. The second kappa shape index (κ2) is 4.72. The molecule has 0 amide bonds. The van der Waals surface area contributed by atoms with Crippen LogP contribution < -0.4 is 0 Å². The van der Waals surface area contributed by atoms with E-state index in [9.17, 15) is 8.42 Å². The van der Waals surface area contributed by atoms with Gasteiger partial charge in [-0.25, -0.2) is 12.7 Å². The Morgan fingerprint density at radius 2 is 1.92 bits per heavy atom. The zero-order valence-electron chi connectivity index (χ0n) is 7.32. The van der Waals surface area contributed by atoms with Crippen LogP contribution in [0, 0.1) is 5.92 Å². The van der Waals surface area contributed by atoms with Crippen molar-refractivity contribution in [1.29, 1.82) is 0 Å². The Morgan fingerprint density at radius 1 is 1.38 bits per heavy atom. The topological polar surface area (TPSA) is 57.6 Å². The molecule has 78 valence electrons. The summed E-state index contributed by atoms with van der Waals surface area (Å²) in [6, 6.07) is 0. The number of alkyl halides is 1. The van der Waals surface area contributed by atoms with Gasteiger partial charge in [-0.05, 0) is 18.8 Å². The Kier molecular flexibility index (Phi) is 4.15. The molecule has 1 aliphatic heterocycles. The maximum Gasteiger partial charge on any atom is 0.224 e. The first kappa shape index (κ1) is 11.4. The average Bonchev–Trinajstić information content (AvgIpc) is 2.18. The molecule has 0 unspecified atom stereocenters. The van der Waals surface area contributed by atoms with E-state index in [0.717, 1.165) is 12.8 Å². The molecule has 0 radical (unpaired) electrons. The van der Waals surface area contributed by atoms with Gasteiger partial charge in [-0.15, -0.1) is 0 Å². The van der Waals surface area contributed by atoms with Gasteiger partial charge in [-0.2, -0.15) is 0 Å². The fourth-order valence-corrected chi connectivity index (χ4v) is 3.21. The SMILES string of the molecule is O=S(=O)(CBr)N1CCC(CO)CC1. The van der Waals surface area contributed by atoms with Crippen LogP contribution in [0.25, 0.3) is 0 Å². The Labute approximate surface area is 87.1 Å². The zero-order valence-corrected chi connectivity index (χ0v) is 9.72. The fourth-order valence-electron chi connectivity index (χ4n) is 1.44. The maximum absolute atomic E-state index is 11.4. The molecule has 13 heavy (non-hydrogen) atoms. The fraction of sp³-hybridized carbons (Fsp3) is 1.00. The third kappa shape index (κ3) is 2.90. The summed E-state index contributed by atoms with van der Waals surface area (Å²) in [5, 5.41) is 8.86. The number of aliphatic hydroxyl groups excluding tert-OH is 1. The highest BCUT2D eigenvalue weighted by atomic mass is 79.9. The van der Waals surface area contributed by atoms with Crippen molar-refractivity contribution < 1.29 is 13.5 Å². The third-order valence-corrected chi connectivity index (χ3v) is 5.53. The first-order chi connectivity index (χ1) is 6.10. The van der Waals surface area contributed by atoms with E-state index in [0.29, 0.717) is 13.1 Å². The highest BCUT2D eigenvalue weighted by molar-refractivity contribution is 9.10. The lowest BCUT2D eigenvalue weighted by Gasteiger charge is -2.29. The molecule has 1 heterocycles. The van der Waals surface area contributed by atoms with E-state index >= 15 is 0 Å². The van der Waals surface area contributed by atoms with Crippen molar-refractivity contribution >= 4 is 26.0 Å². The first-order valence-electron chi connectivity index (χ1n) is 4.25. The van der Waals surface area contributed by atoms with E-state index in [-0.39, 0.29) is 17.2 Å². The normalized spacial score (nSPS) is 22.0. The van der Waals surface area contributed by atoms with Crippen LogP contribution in [0.3, 0.4) is 0 Å². The summed E-state index contributed by atoms with van der Waals surface area (Å²) in [7, 11) is -3.08. The highest BCUT2D eigenvalue weighted by Crippen LogP contribution is 2.19. The van der Waals surface area contributed by atoms with E-state index in [1.807, 2.05) is 0 Å². The minimum absolute atomic E-state index is 0.0101. The van der Waals surface area contributed by atoms with Gasteiger partial charge in [0.2, 0.25) is 10.0 Å². The van der Waals surface area contributed by atoms with Gasteiger partial charge in [0.25, 0.3) is 0 Å². The molecule has 1 rings (SSSR count). The van der Waals surface area contributed by atoms with Gasteiger partial charge >= 0.3 is 0 Å². The summed E-state index contributed by atoms with van der Waals surface area (Å²) in [6.45, 7) is 1.25. The van der Waals surface area contributed by atoms with Gasteiger partial charge in [0.1, 0.15) is 4.66 Å². The van der Waals surface area contributed by atoms with Gasteiger partial charge in [0.05, 0.1) is 0 Å². The minimum atomic E-state index is -3.08. The molecule has 1 aliphatic rings. The summed E-state index contributed by atoms with van der Waals surface area (Å²) in [5.74, 6) is 0.279. The minimum Gasteiger partial charge on any atom is -0.396 e. The largest absolute Gasteiger partial charge is 0.396 e. The van der Waals surface area contributed by atoms with Crippen molar-refractivity contribution in [2.45, 2.75) is 12.8 Å². The molecule has 0 bridgehead atoms. The number of aliphatic hydroxyl groups is 1. The van der Waals surface area contributed by atoms with Crippen LogP contribution in [0.15, 0.2) is 0 Å². The van der Waals surface area contributed by atoms with Crippen molar-refractivity contribution in [2.24, 2.45) is 5.92 Å². The second-order valence-electron chi connectivity index (χ2n) is 3.25. The summed E-state index contributed by atoms with van der Waals surface area (Å²) in [5.41, 5.74) is 0. The number of rotatable bonds is 3. The van der Waals surface area contributed by atoms with E-state index in [4.69, 9.17) is 5.11 Å². The Balaban J connectivity index is 2.50. The van der Waals surface area contributed by atoms with Gasteiger partial charge in [-0.3, -0.25) is 0 Å². The molecule has 1 N–H and O–H groups in total. The molecule has 0 aliphatic carbocycles.